The van der Waals surface area contributed by atoms with Gasteiger partial charge in [0.2, 0.25) is 5.91 Å². The number of thiocarbonyl (C=S) groups is 1. The average Bonchev–Trinajstić information content (AvgIpc) is 2.21. The molecule has 0 saturated carbocycles. The van der Waals surface area contributed by atoms with Crippen LogP contribution in [0, 0.1) is 0 Å². The number of ether oxygens (including phenoxy) is 1. The lowest BCUT2D eigenvalue weighted by Crippen LogP contribution is -2.45. The molecule has 1 atom stereocenters. The maximum Gasteiger partial charge on any atom is 0.333 e. The van der Waals surface area contributed by atoms with E-state index in [1.807, 2.05) is 6.92 Å². The molecule has 86 valence electrons. The highest BCUT2D eigenvalue weighted by Crippen LogP contribution is 2.03. The largest absolute Gasteiger partial charge is 0.467 e. The monoisotopic (exact) mass is 231 g/mol. The second-order valence-corrected chi connectivity index (χ2v) is 3.75. The summed E-state index contributed by atoms with van der Waals surface area (Å²) in [6, 6.07) is -0.783. The van der Waals surface area contributed by atoms with E-state index in [0.29, 0.717) is 11.3 Å². The molecule has 0 aromatic rings. The number of nitrogens with one attached hydrogen (secondary N) is 1. The van der Waals surface area contributed by atoms with Crippen LogP contribution < -0.4 is 5.32 Å². The van der Waals surface area contributed by atoms with Gasteiger partial charge < -0.3 is 10.1 Å². The molecular formula is C10H17NO3S. The van der Waals surface area contributed by atoms with Gasteiger partial charge in [0.1, 0.15) is 0 Å². The summed E-state index contributed by atoms with van der Waals surface area (Å²) >= 11 is 5.09. The first-order valence-corrected chi connectivity index (χ1v) is 5.31. The van der Waals surface area contributed by atoms with E-state index in [4.69, 9.17) is 12.2 Å². The van der Waals surface area contributed by atoms with Gasteiger partial charge in [-0.1, -0.05) is 25.6 Å². The molecule has 1 N–H and O–H groups in total. The predicted molar refractivity (Wildman–Crippen MR) is 61.7 cm³/mol. The highest BCUT2D eigenvalue weighted by molar-refractivity contribution is 7.80. The fourth-order valence-corrected chi connectivity index (χ4v) is 1.39. The number of hydrogen-bond acceptors (Lipinski definition) is 4. The van der Waals surface area contributed by atoms with Crippen LogP contribution in [0.4, 0.5) is 0 Å². The van der Waals surface area contributed by atoms with Crippen LogP contribution in [0.25, 0.3) is 0 Å². The normalized spacial score (nSPS) is 11.7. The molecule has 0 aliphatic heterocycles. The van der Waals surface area contributed by atoms with Crippen molar-refractivity contribution in [2.24, 2.45) is 0 Å². The van der Waals surface area contributed by atoms with Gasteiger partial charge in [0.25, 0.3) is 0 Å². The Labute approximate surface area is 95.4 Å². The Morgan fingerprint density at radius 3 is 2.47 bits per heavy atom. The standard InChI is InChI=1S/C10H17NO3S/c1-4-5-6-8(15)9(10(13)14-3)11-7(2)12/h9H,4-6H2,1-3H3,(H,11,12). The molecule has 5 heteroatoms. The number of carbonyl (C=O) groups excluding carboxylic acids is 2. The molecule has 0 radical (unpaired) electrons. The molecular weight excluding hydrogens is 214 g/mol. The number of methoxy groups -OCH3 is 1. The Bertz CT molecular complexity index is 253. The first-order chi connectivity index (χ1) is 7.02. The SMILES string of the molecule is CCCCC(=S)C(NC(C)=O)C(=O)OC. The van der Waals surface area contributed by atoms with Crippen molar-refractivity contribution in [1.82, 2.24) is 5.32 Å². The first-order valence-electron chi connectivity index (χ1n) is 4.90. The molecule has 15 heavy (non-hydrogen) atoms. The number of esters is 1. The number of carbonyl (C=O) groups is 2. The molecule has 1 amide bonds. The van der Waals surface area contributed by atoms with Crippen LogP contribution in [0.2, 0.25) is 0 Å². The van der Waals surface area contributed by atoms with Crippen molar-refractivity contribution in [1.29, 1.82) is 0 Å². The van der Waals surface area contributed by atoms with Gasteiger partial charge in [-0.05, 0) is 12.8 Å². The zero-order valence-electron chi connectivity index (χ0n) is 9.33. The smallest absolute Gasteiger partial charge is 0.333 e. The van der Waals surface area contributed by atoms with Gasteiger partial charge in [-0.25, -0.2) is 4.79 Å². The van der Waals surface area contributed by atoms with E-state index in [0.717, 1.165) is 12.8 Å². The summed E-state index contributed by atoms with van der Waals surface area (Å²) in [5, 5.41) is 2.48. The van der Waals surface area contributed by atoms with Crippen LogP contribution in [-0.2, 0) is 14.3 Å². The number of rotatable bonds is 6. The second-order valence-electron chi connectivity index (χ2n) is 3.23. The quantitative estimate of drug-likeness (QED) is 0.551. The number of unbranched alkanes of at least 4 members (excludes halogenated alkanes) is 1. The minimum atomic E-state index is -0.783. The van der Waals surface area contributed by atoms with Crippen molar-refractivity contribution >= 4 is 29.0 Å². The van der Waals surface area contributed by atoms with Crippen LogP contribution in [-0.4, -0.2) is 29.9 Å². The van der Waals surface area contributed by atoms with Gasteiger partial charge >= 0.3 is 5.97 Å². The highest BCUT2D eigenvalue weighted by atomic mass is 32.1. The van der Waals surface area contributed by atoms with E-state index >= 15 is 0 Å². The van der Waals surface area contributed by atoms with Crippen LogP contribution in [0.1, 0.15) is 33.1 Å². The Morgan fingerprint density at radius 1 is 1.47 bits per heavy atom. The number of amides is 1. The molecule has 0 bridgehead atoms. The third kappa shape index (κ3) is 5.47. The molecule has 0 fully saturated rings. The molecule has 0 aromatic heterocycles. The van der Waals surface area contributed by atoms with Crippen molar-refractivity contribution in [2.75, 3.05) is 7.11 Å². The van der Waals surface area contributed by atoms with Crippen molar-refractivity contribution in [3.63, 3.8) is 0 Å². The molecule has 0 spiro atoms. The highest BCUT2D eigenvalue weighted by Gasteiger charge is 2.24. The zero-order chi connectivity index (χ0) is 11.8. The van der Waals surface area contributed by atoms with Crippen molar-refractivity contribution < 1.29 is 14.3 Å². The van der Waals surface area contributed by atoms with Crippen molar-refractivity contribution in [3.05, 3.63) is 0 Å². The van der Waals surface area contributed by atoms with Gasteiger partial charge in [0, 0.05) is 11.8 Å². The minimum absolute atomic E-state index is 0.288. The van der Waals surface area contributed by atoms with Gasteiger partial charge in [-0.15, -0.1) is 0 Å². The molecule has 0 heterocycles. The molecule has 0 aliphatic carbocycles. The average molecular weight is 231 g/mol. The lowest BCUT2D eigenvalue weighted by atomic mass is 10.1. The predicted octanol–water partition coefficient (Wildman–Crippen LogP) is 1.22. The maximum absolute atomic E-state index is 11.3. The molecule has 1 unspecified atom stereocenters. The molecule has 0 aliphatic rings. The summed E-state index contributed by atoms with van der Waals surface area (Å²) in [7, 11) is 1.28. The maximum atomic E-state index is 11.3. The Hall–Kier alpha value is -0.970. The van der Waals surface area contributed by atoms with Gasteiger partial charge in [0.15, 0.2) is 6.04 Å². The topological polar surface area (TPSA) is 55.4 Å². The lowest BCUT2D eigenvalue weighted by Gasteiger charge is -2.16. The first kappa shape index (κ1) is 14.0. The minimum Gasteiger partial charge on any atom is -0.467 e. The second kappa shape index (κ2) is 7.34. The van der Waals surface area contributed by atoms with E-state index in [1.54, 1.807) is 0 Å². The lowest BCUT2D eigenvalue weighted by molar-refractivity contribution is -0.142. The summed E-state index contributed by atoms with van der Waals surface area (Å²) in [6.07, 6.45) is 2.55. The van der Waals surface area contributed by atoms with E-state index in [1.165, 1.54) is 14.0 Å². The van der Waals surface area contributed by atoms with E-state index in [-0.39, 0.29) is 5.91 Å². The van der Waals surface area contributed by atoms with Crippen molar-refractivity contribution in [2.45, 2.75) is 39.2 Å². The molecule has 0 saturated heterocycles. The Kier molecular flexibility index (Phi) is 6.86. The zero-order valence-corrected chi connectivity index (χ0v) is 10.1. The van der Waals surface area contributed by atoms with Crippen LogP contribution in [0.5, 0.6) is 0 Å². The van der Waals surface area contributed by atoms with Crippen LogP contribution in [0.15, 0.2) is 0 Å². The van der Waals surface area contributed by atoms with Crippen molar-refractivity contribution in [3.8, 4) is 0 Å². The molecule has 0 rings (SSSR count). The van der Waals surface area contributed by atoms with E-state index < -0.39 is 12.0 Å². The Morgan fingerprint density at radius 2 is 2.07 bits per heavy atom. The van der Waals surface area contributed by atoms with Crippen LogP contribution in [0.3, 0.4) is 0 Å². The fourth-order valence-electron chi connectivity index (χ4n) is 1.09. The van der Waals surface area contributed by atoms with Gasteiger partial charge in [-0.2, -0.15) is 0 Å². The van der Waals surface area contributed by atoms with Gasteiger partial charge in [-0.3, -0.25) is 4.79 Å². The summed E-state index contributed by atoms with van der Waals surface area (Å²) in [4.78, 5) is 22.7. The van der Waals surface area contributed by atoms with E-state index in [9.17, 15) is 9.59 Å². The van der Waals surface area contributed by atoms with E-state index in [2.05, 4.69) is 10.1 Å². The summed E-state index contributed by atoms with van der Waals surface area (Å²) in [5.41, 5.74) is 0. The third-order valence-electron chi connectivity index (χ3n) is 1.88. The summed E-state index contributed by atoms with van der Waals surface area (Å²) in [5.74, 6) is -0.796. The summed E-state index contributed by atoms with van der Waals surface area (Å²) in [6.45, 7) is 3.38. The third-order valence-corrected chi connectivity index (χ3v) is 2.32. The molecule has 0 aromatic carbocycles. The number of hydrogen-bond donors (Lipinski definition) is 1. The molecule has 4 nitrogen and oxygen atoms in total. The summed E-state index contributed by atoms with van der Waals surface area (Å²) < 4.78 is 4.57. The van der Waals surface area contributed by atoms with Crippen LogP contribution >= 0.6 is 12.2 Å². The Balaban J connectivity index is 4.40. The van der Waals surface area contributed by atoms with Gasteiger partial charge in [0.05, 0.1) is 7.11 Å². The fraction of sp³-hybridized carbons (Fsp3) is 0.700.